The molecule has 0 aromatic rings. The normalized spacial score (nSPS) is 23.2. The smallest absolute Gasteiger partial charge is 0.309 e. The van der Waals surface area contributed by atoms with Crippen molar-refractivity contribution in [2.24, 2.45) is 5.92 Å². The number of carbonyl (C=O) groups is 1. The van der Waals surface area contributed by atoms with Crippen molar-refractivity contribution in [2.45, 2.75) is 6.42 Å². The number of ether oxygens (including phenoxy) is 2. The standard InChI is InChI=1S/C6H9NO6/c8-6(13-7(9)10)5-1-2-11-4-12-3-5/h5H,1-4H2. The Balaban J connectivity index is 2.39. The lowest BCUT2D eigenvalue weighted by molar-refractivity contribution is -0.730. The fraction of sp³-hybridized carbons (Fsp3) is 0.833. The minimum absolute atomic E-state index is 0.104. The van der Waals surface area contributed by atoms with Crippen molar-refractivity contribution >= 4 is 5.97 Å². The van der Waals surface area contributed by atoms with Gasteiger partial charge in [0.15, 0.2) is 0 Å². The first-order valence-electron chi connectivity index (χ1n) is 3.72. The van der Waals surface area contributed by atoms with E-state index in [-0.39, 0.29) is 13.4 Å². The molecule has 0 N–H and O–H groups in total. The first kappa shape index (κ1) is 9.87. The lowest BCUT2D eigenvalue weighted by atomic mass is 10.1. The quantitative estimate of drug-likeness (QED) is 0.441. The first-order chi connectivity index (χ1) is 6.20. The third-order valence-electron chi connectivity index (χ3n) is 1.59. The zero-order valence-electron chi connectivity index (χ0n) is 6.80. The fourth-order valence-electron chi connectivity index (χ4n) is 0.951. The number of nitrogens with zero attached hydrogens (tertiary/aromatic N) is 1. The van der Waals surface area contributed by atoms with Crippen LogP contribution in [0.5, 0.6) is 0 Å². The van der Waals surface area contributed by atoms with Gasteiger partial charge in [-0.2, -0.15) is 0 Å². The van der Waals surface area contributed by atoms with E-state index in [1.807, 2.05) is 0 Å². The van der Waals surface area contributed by atoms with Gasteiger partial charge in [0.05, 0.1) is 19.1 Å². The molecule has 1 rings (SSSR count). The topological polar surface area (TPSA) is 87.9 Å². The number of carbonyl (C=O) groups excluding carboxylic acids is 1. The Bertz CT molecular complexity index is 197. The lowest BCUT2D eigenvalue weighted by Gasteiger charge is -2.08. The van der Waals surface area contributed by atoms with Crippen LogP contribution in [0, 0.1) is 16.0 Å². The fourth-order valence-corrected chi connectivity index (χ4v) is 0.951. The molecule has 0 spiro atoms. The van der Waals surface area contributed by atoms with E-state index >= 15 is 0 Å². The average Bonchev–Trinajstić information content (AvgIpc) is 2.29. The molecular formula is C6H9NO6. The molecule has 0 bridgehead atoms. The monoisotopic (exact) mass is 191 g/mol. The van der Waals surface area contributed by atoms with Crippen LogP contribution in [0.3, 0.4) is 0 Å². The maximum absolute atomic E-state index is 11.0. The Morgan fingerprint density at radius 1 is 1.54 bits per heavy atom. The van der Waals surface area contributed by atoms with Gasteiger partial charge in [0, 0.05) is 0 Å². The van der Waals surface area contributed by atoms with Gasteiger partial charge in [0.2, 0.25) is 0 Å². The second-order valence-corrected chi connectivity index (χ2v) is 2.52. The molecule has 1 saturated heterocycles. The molecule has 0 aliphatic carbocycles. The summed E-state index contributed by atoms with van der Waals surface area (Å²) < 4.78 is 9.74. The highest BCUT2D eigenvalue weighted by Gasteiger charge is 2.23. The number of hydrogen-bond donors (Lipinski definition) is 0. The molecule has 7 heteroatoms. The summed E-state index contributed by atoms with van der Waals surface area (Å²) in [4.78, 5) is 24.6. The average molecular weight is 191 g/mol. The van der Waals surface area contributed by atoms with E-state index in [0.717, 1.165) is 0 Å². The zero-order chi connectivity index (χ0) is 9.68. The molecule has 0 amide bonds. The van der Waals surface area contributed by atoms with Crippen LogP contribution in [0.1, 0.15) is 6.42 Å². The minimum atomic E-state index is -1.12. The Morgan fingerprint density at radius 3 is 3.00 bits per heavy atom. The van der Waals surface area contributed by atoms with Crippen molar-refractivity contribution in [2.75, 3.05) is 20.0 Å². The van der Waals surface area contributed by atoms with Crippen LogP contribution >= 0.6 is 0 Å². The van der Waals surface area contributed by atoms with Crippen LogP contribution < -0.4 is 0 Å². The van der Waals surface area contributed by atoms with E-state index in [1.165, 1.54) is 0 Å². The maximum atomic E-state index is 11.0. The summed E-state index contributed by atoms with van der Waals surface area (Å²) in [6.45, 7) is 0.562. The molecule has 0 radical (unpaired) electrons. The zero-order valence-corrected chi connectivity index (χ0v) is 6.80. The van der Waals surface area contributed by atoms with Crippen LogP contribution in [0.4, 0.5) is 0 Å². The summed E-state index contributed by atoms with van der Waals surface area (Å²) in [7, 11) is 0. The minimum Gasteiger partial charge on any atom is -0.355 e. The van der Waals surface area contributed by atoms with Gasteiger partial charge < -0.3 is 9.47 Å². The third kappa shape index (κ3) is 3.34. The predicted molar refractivity (Wildman–Crippen MR) is 38.0 cm³/mol. The third-order valence-corrected chi connectivity index (χ3v) is 1.59. The van der Waals surface area contributed by atoms with Gasteiger partial charge in [-0.15, -0.1) is 10.1 Å². The molecule has 1 aliphatic heterocycles. The van der Waals surface area contributed by atoms with Crippen molar-refractivity contribution < 1.29 is 24.2 Å². The highest BCUT2D eigenvalue weighted by molar-refractivity contribution is 5.71. The van der Waals surface area contributed by atoms with Gasteiger partial charge in [0.1, 0.15) is 6.79 Å². The summed E-state index contributed by atoms with van der Waals surface area (Å²) in [5.74, 6) is -1.48. The molecule has 0 aromatic heterocycles. The van der Waals surface area contributed by atoms with Gasteiger partial charge in [-0.1, -0.05) is 0 Å². The molecule has 0 aromatic carbocycles. The van der Waals surface area contributed by atoms with Crippen molar-refractivity contribution in [1.29, 1.82) is 0 Å². The Labute approximate surface area is 73.7 Å². The van der Waals surface area contributed by atoms with Crippen LogP contribution in [0.15, 0.2) is 0 Å². The number of rotatable bonds is 2. The molecule has 7 nitrogen and oxygen atoms in total. The molecular weight excluding hydrogens is 182 g/mol. The van der Waals surface area contributed by atoms with Crippen LogP contribution in [-0.2, 0) is 19.1 Å². The molecule has 1 aliphatic rings. The number of hydrogen-bond acceptors (Lipinski definition) is 6. The molecule has 1 heterocycles. The highest BCUT2D eigenvalue weighted by Crippen LogP contribution is 2.10. The van der Waals surface area contributed by atoms with E-state index in [9.17, 15) is 14.9 Å². The van der Waals surface area contributed by atoms with Crippen molar-refractivity contribution in [3.05, 3.63) is 10.1 Å². The SMILES string of the molecule is O=C(O[N+](=O)[O-])C1CCOCOC1. The van der Waals surface area contributed by atoms with E-state index in [1.54, 1.807) is 0 Å². The van der Waals surface area contributed by atoms with Crippen LogP contribution in [0.2, 0.25) is 0 Å². The van der Waals surface area contributed by atoms with Gasteiger partial charge in [-0.3, -0.25) is 4.79 Å². The second kappa shape index (κ2) is 4.73. The van der Waals surface area contributed by atoms with Gasteiger partial charge in [-0.05, 0) is 6.42 Å². The van der Waals surface area contributed by atoms with Gasteiger partial charge in [0.25, 0.3) is 0 Å². The van der Waals surface area contributed by atoms with E-state index in [0.29, 0.717) is 13.0 Å². The van der Waals surface area contributed by atoms with Crippen LogP contribution in [0.25, 0.3) is 0 Å². The molecule has 1 atom stereocenters. The van der Waals surface area contributed by atoms with Crippen molar-refractivity contribution in [3.63, 3.8) is 0 Å². The molecule has 1 fully saturated rings. The lowest BCUT2D eigenvalue weighted by Crippen LogP contribution is -2.24. The molecule has 74 valence electrons. The van der Waals surface area contributed by atoms with Gasteiger partial charge >= 0.3 is 11.1 Å². The summed E-state index contributed by atoms with van der Waals surface area (Å²) in [5.41, 5.74) is 0. The summed E-state index contributed by atoms with van der Waals surface area (Å²) in [6, 6.07) is 0. The molecule has 13 heavy (non-hydrogen) atoms. The maximum Gasteiger partial charge on any atom is 0.309 e. The van der Waals surface area contributed by atoms with E-state index in [2.05, 4.69) is 4.84 Å². The Morgan fingerprint density at radius 2 is 2.31 bits per heavy atom. The first-order valence-corrected chi connectivity index (χ1v) is 3.72. The summed E-state index contributed by atoms with van der Waals surface area (Å²) >= 11 is 0. The Kier molecular flexibility index (Phi) is 3.59. The largest absolute Gasteiger partial charge is 0.355 e. The summed E-state index contributed by atoms with van der Waals surface area (Å²) in [6.07, 6.45) is 0.382. The van der Waals surface area contributed by atoms with Crippen molar-refractivity contribution in [1.82, 2.24) is 0 Å². The van der Waals surface area contributed by atoms with E-state index in [4.69, 9.17) is 9.47 Å². The summed E-state index contributed by atoms with van der Waals surface area (Å²) in [5, 5.41) is 8.71. The predicted octanol–water partition coefficient (Wildman–Crippen LogP) is -0.268. The molecule has 1 unspecified atom stereocenters. The Hall–Kier alpha value is -1.21. The van der Waals surface area contributed by atoms with Crippen LogP contribution in [-0.4, -0.2) is 31.1 Å². The van der Waals surface area contributed by atoms with E-state index < -0.39 is 17.0 Å². The van der Waals surface area contributed by atoms with Gasteiger partial charge in [-0.25, -0.2) is 4.84 Å². The molecule has 0 saturated carbocycles. The van der Waals surface area contributed by atoms with Crippen molar-refractivity contribution in [3.8, 4) is 0 Å². The second-order valence-electron chi connectivity index (χ2n) is 2.52. The highest BCUT2D eigenvalue weighted by atomic mass is 17.0.